The van der Waals surface area contributed by atoms with Crippen LogP contribution in [0.5, 0.6) is 11.5 Å². The first-order valence-corrected chi connectivity index (χ1v) is 7.92. The van der Waals surface area contributed by atoms with Crippen molar-refractivity contribution in [2.45, 2.75) is 13.8 Å². The third-order valence-electron chi connectivity index (χ3n) is 2.85. The number of benzene rings is 2. The maximum atomic E-state index is 5.88. The molecule has 0 unspecified atom stereocenters. The zero-order valence-electron chi connectivity index (χ0n) is 11.0. The maximum absolute atomic E-state index is 5.88. The van der Waals surface area contributed by atoms with E-state index < -0.39 is 0 Å². The summed E-state index contributed by atoms with van der Waals surface area (Å²) < 4.78 is 7.81. The van der Waals surface area contributed by atoms with Gasteiger partial charge < -0.3 is 10.5 Å². The van der Waals surface area contributed by atoms with E-state index in [4.69, 9.17) is 22.7 Å². The van der Waals surface area contributed by atoms with Crippen molar-refractivity contribution in [1.29, 1.82) is 0 Å². The molecule has 0 radical (unpaired) electrons. The fraction of sp³-hybridized carbons (Fsp3) is 0.133. The van der Waals surface area contributed by atoms with E-state index in [1.54, 1.807) is 0 Å². The predicted octanol–water partition coefficient (Wildman–Crippen LogP) is 5.25. The molecule has 2 N–H and O–H groups in total. The van der Waals surface area contributed by atoms with Crippen molar-refractivity contribution >= 4 is 49.1 Å². The van der Waals surface area contributed by atoms with Crippen LogP contribution in [0.1, 0.15) is 16.7 Å². The quantitative estimate of drug-likeness (QED) is 0.696. The lowest BCUT2D eigenvalue weighted by atomic mass is 10.1. The van der Waals surface area contributed by atoms with Crippen molar-refractivity contribution < 1.29 is 4.74 Å². The van der Waals surface area contributed by atoms with Crippen LogP contribution in [0.3, 0.4) is 0 Å². The molecule has 0 amide bonds. The van der Waals surface area contributed by atoms with Gasteiger partial charge in [0, 0.05) is 14.5 Å². The molecule has 0 saturated carbocycles. The summed E-state index contributed by atoms with van der Waals surface area (Å²) in [5, 5.41) is 0. The minimum absolute atomic E-state index is 0.360. The Hall–Kier alpha value is -0.910. The summed E-state index contributed by atoms with van der Waals surface area (Å²) in [5.74, 6) is 1.54. The average Bonchev–Trinajstić information content (AvgIpc) is 2.35. The first kappa shape index (κ1) is 15.5. The lowest BCUT2D eigenvalue weighted by molar-refractivity contribution is 0.481. The Bertz CT molecular complexity index is 663. The van der Waals surface area contributed by atoms with Crippen molar-refractivity contribution in [3.8, 4) is 11.5 Å². The van der Waals surface area contributed by atoms with Crippen LogP contribution in [0.15, 0.2) is 39.3 Å². The molecule has 0 bridgehead atoms. The van der Waals surface area contributed by atoms with E-state index in [0.717, 1.165) is 37.1 Å². The molecule has 0 aliphatic carbocycles. The number of nitrogens with two attached hydrogens (primary N) is 1. The molecule has 0 fully saturated rings. The van der Waals surface area contributed by atoms with Gasteiger partial charge in [0.25, 0.3) is 0 Å². The standard InChI is InChI=1S/C15H13Br2NOS/c1-8-5-11(6-9(2)14(8)17)19-10-3-4-12(15(18)20)13(16)7-10/h3-7H,1-2H3,(H2,18,20). The van der Waals surface area contributed by atoms with Gasteiger partial charge in [-0.15, -0.1) is 0 Å². The maximum Gasteiger partial charge on any atom is 0.128 e. The summed E-state index contributed by atoms with van der Waals surface area (Å²) in [6, 6.07) is 9.55. The van der Waals surface area contributed by atoms with Crippen molar-refractivity contribution in [3.63, 3.8) is 0 Å². The lowest BCUT2D eigenvalue weighted by Gasteiger charge is -2.11. The largest absolute Gasteiger partial charge is 0.457 e. The molecule has 0 heterocycles. The summed E-state index contributed by atoms with van der Waals surface area (Å²) in [5.41, 5.74) is 8.71. The van der Waals surface area contributed by atoms with E-state index in [1.165, 1.54) is 0 Å². The van der Waals surface area contributed by atoms with Gasteiger partial charge in [-0.05, 0) is 71.2 Å². The topological polar surface area (TPSA) is 35.2 Å². The van der Waals surface area contributed by atoms with Gasteiger partial charge in [0.1, 0.15) is 16.5 Å². The van der Waals surface area contributed by atoms with Crippen LogP contribution in [0.4, 0.5) is 0 Å². The van der Waals surface area contributed by atoms with Crippen LogP contribution in [0, 0.1) is 13.8 Å². The summed E-state index contributed by atoms with van der Waals surface area (Å²) in [6.45, 7) is 4.08. The van der Waals surface area contributed by atoms with Crippen molar-refractivity contribution in [2.24, 2.45) is 5.73 Å². The molecule has 0 aromatic heterocycles. The molecular weight excluding hydrogens is 402 g/mol. The second kappa shape index (κ2) is 6.24. The number of hydrogen-bond donors (Lipinski definition) is 1. The smallest absolute Gasteiger partial charge is 0.128 e. The fourth-order valence-electron chi connectivity index (χ4n) is 1.86. The zero-order chi connectivity index (χ0) is 14.9. The van der Waals surface area contributed by atoms with Gasteiger partial charge in [-0.25, -0.2) is 0 Å². The first-order valence-electron chi connectivity index (χ1n) is 5.92. The molecule has 0 aliphatic heterocycles. The van der Waals surface area contributed by atoms with Gasteiger partial charge in [-0.2, -0.15) is 0 Å². The first-order chi connectivity index (χ1) is 9.38. The molecule has 2 rings (SSSR count). The van der Waals surface area contributed by atoms with E-state index in [9.17, 15) is 0 Å². The van der Waals surface area contributed by atoms with Gasteiger partial charge in [0.15, 0.2) is 0 Å². The van der Waals surface area contributed by atoms with E-state index in [1.807, 2.05) is 44.2 Å². The highest BCUT2D eigenvalue weighted by molar-refractivity contribution is 9.10. The number of ether oxygens (including phenoxy) is 1. The molecule has 0 spiro atoms. The molecule has 0 aliphatic rings. The molecule has 0 atom stereocenters. The SMILES string of the molecule is Cc1cc(Oc2ccc(C(N)=S)c(Br)c2)cc(C)c1Br. The second-order valence-corrected chi connectivity index (χ2v) is 6.57. The summed E-state index contributed by atoms with van der Waals surface area (Å²) in [4.78, 5) is 0.360. The number of thiocarbonyl (C=S) groups is 1. The Labute approximate surface area is 140 Å². The van der Waals surface area contributed by atoms with Crippen LogP contribution in [0.2, 0.25) is 0 Å². The monoisotopic (exact) mass is 413 g/mol. The highest BCUT2D eigenvalue weighted by Gasteiger charge is 2.07. The number of halogens is 2. The average molecular weight is 415 g/mol. The minimum atomic E-state index is 0.360. The molecule has 2 aromatic rings. The Morgan fingerprint density at radius 1 is 1.05 bits per heavy atom. The van der Waals surface area contributed by atoms with Crippen molar-refractivity contribution in [2.75, 3.05) is 0 Å². The Morgan fingerprint density at radius 3 is 2.15 bits per heavy atom. The predicted molar refractivity (Wildman–Crippen MR) is 93.7 cm³/mol. The fourth-order valence-corrected chi connectivity index (χ4v) is 2.97. The van der Waals surface area contributed by atoms with E-state index >= 15 is 0 Å². The Morgan fingerprint density at radius 2 is 1.65 bits per heavy atom. The highest BCUT2D eigenvalue weighted by atomic mass is 79.9. The van der Waals surface area contributed by atoms with E-state index in [-0.39, 0.29) is 0 Å². The summed E-state index contributed by atoms with van der Waals surface area (Å²) in [6.07, 6.45) is 0. The van der Waals surface area contributed by atoms with Crippen LogP contribution in [0.25, 0.3) is 0 Å². The molecule has 20 heavy (non-hydrogen) atoms. The van der Waals surface area contributed by atoms with Gasteiger partial charge in [-0.1, -0.05) is 28.1 Å². The van der Waals surface area contributed by atoms with Crippen molar-refractivity contribution in [3.05, 3.63) is 56.0 Å². The van der Waals surface area contributed by atoms with Crippen LogP contribution >= 0.6 is 44.1 Å². The van der Waals surface area contributed by atoms with E-state index in [2.05, 4.69) is 31.9 Å². The van der Waals surface area contributed by atoms with Crippen LogP contribution in [-0.2, 0) is 0 Å². The molecule has 0 saturated heterocycles. The van der Waals surface area contributed by atoms with Crippen molar-refractivity contribution in [1.82, 2.24) is 0 Å². The molecule has 2 aromatic carbocycles. The minimum Gasteiger partial charge on any atom is -0.457 e. The molecular formula is C15H13Br2NOS. The summed E-state index contributed by atoms with van der Waals surface area (Å²) >= 11 is 12.0. The normalized spacial score (nSPS) is 10.4. The lowest BCUT2D eigenvalue weighted by Crippen LogP contribution is -2.09. The third kappa shape index (κ3) is 3.40. The Kier molecular flexibility index (Phi) is 4.83. The van der Waals surface area contributed by atoms with Gasteiger partial charge >= 0.3 is 0 Å². The van der Waals surface area contributed by atoms with E-state index in [0.29, 0.717) is 4.99 Å². The number of rotatable bonds is 3. The summed E-state index contributed by atoms with van der Waals surface area (Å²) in [7, 11) is 0. The third-order valence-corrected chi connectivity index (χ3v) is 4.98. The highest BCUT2D eigenvalue weighted by Crippen LogP contribution is 2.31. The molecule has 104 valence electrons. The molecule has 2 nitrogen and oxygen atoms in total. The second-order valence-electron chi connectivity index (χ2n) is 4.48. The van der Waals surface area contributed by atoms with Crippen LogP contribution < -0.4 is 10.5 Å². The zero-order valence-corrected chi connectivity index (χ0v) is 15.0. The number of aryl methyl sites for hydroxylation is 2. The number of hydrogen-bond acceptors (Lipinski definition) is 2. The molecule has 5 heteroatoms. The van der Waals surface area contributed by atoms with Gasteiger partial charge in [0.2, 0.25) is 0 Å². The van der Waals surface area contributed by atoms with Crippen LogP contribution in [-0.4, -0.2) is 4.99 Å². The Balaban J connectivity index is 2.31. The van der Waals surface area contributed by atoms with Gasteiger partial charge in [0.05, 0.1) is 0 Å². The van der Waals surface area contributed by atoms with Gasteiger partial charge in [-0.3, -0.25) is 0 Å².